The summed E-state index contributed by atoms with van der Waals surface area (Å²) in [5.41, 5.74) is 2.55. The van der Waals surface area contributed by atoms with Gasteiger partial charge in [-0.25, -0.2) is 0 Å². The van der Waals surface area contributed by atoms with Gasteiger partial charge in [-0.2, -0.15) is 5.10 Å². The molecule has 2 fully saturated rings. The molecule has 1 N–H and O–H groups in total. The molecule has 0 bridgehead atoms. The number of carbonyl (C=O) groups excluding carboxylic acids is 1. The average Bonchev–Trinajstić information content (AvgIpc) is 2.97. The van der Waals surface area contributed by atoms with Crippen molar-refractivity contribution in [2.24, 2.45) is 5.92 Å². The molecular formula is C16H26N4O. The smallest absolute Gasteiger partial charge is 0.227 e. The normalized spacial score (nSPS) is 27.2. The number of nitrogens with one attached hydrogen (secondary N) is 1. The van der Waals surface area contributed by atoms with Crippen LogP contribution in [0, 0.1) is 5.92 Å². The lowest BCUT2D eigenvalue weighted by Gasteiger charge is -2.36. The van der Waals surface area contributed by atoms with Gasteiger partial charge in [-0.3, -0.25) is 14.8 Å². The molecule has 0 radical (unpaired) electrons. The number of amides is 1. The van der Waals surface area contributed by atoms with Gasteiger partial charge in [0, 0.05) is 42.9 Å². The van der Waals surface area contributed by atoms with Crippen molar-refractivity contribution in [1.82, 2.24) is 20.0 Å². The highest BCUT2D eigenvalue weighted by atomic mass is 16.2. The molecule has 21 heavy (non-hydrogen) atoms. The molecule has 2 saturated heterocycles. The first-order chi connectivity index (χ1) is 9.88. The lowest BCUT2D eigenvalue weighted by atomic mass is 9.88. The molecule has 2 aliphatic heterocycles. The minimum atomic E-state index is 0.0727. The van der Waals surface area contributed by atoms with E-state index < -0.39 is 0 Å². The molecule has 1 aromatic rings. The van der Waals surface area contributed by atoms with E-state index in [9.17, 15) is 4.79 Å². The zero-order valence-electron chi connectivity index (χ0n) is 13.5. The molecule has 5 nitrogen and oxygen atoms in total. The maximum absolute atomic E-state index is 12.2. The highest BCUT2D eigenvalue weighted by Crippen LogP contribution is 2.33. The Bertz CT molecular complexity index is 531. The van der Waals surface area contributed by atoms with Gasteiger partial charge >= 0.3 is 0 Å². The summed E-state index contributed by atoms with van der Waals surface area (Å²) >= 11 is 0. The van der Waals surface area contributed by atoms with Crippen molar-refractivity contribution in [3.05, 3.63) is 17.5 Å². The van der Waals surface area contributed by atoms with Gasteiger partial charge in [0.15, 0.2) is 0 Å². The number of piperidine rings is 1. The second-order valence-electron chi connectivity index (χ2n) is 7.53. The van der Waals surface area contributed by atoms with Crippen molar-refractivity contribution in [1.29, 1.82) is 0 Å². The number of hydrogen-bond donors (Lipinski definition) is 1. The number of nitrogens with zero attached hydrogens (tertiary/aromatic N) is 3. The van der Waals surface area contributed by atoms with Crippen molar-refractivity contribution in [2.75, 3.05) is 20.1 Å². The van der Waals surface area contributed by atoms with E-state index in [2.05, 4.69) is 35.9 Å². The number of aromatic nitrogens is 2. The van der Waals surface area contributed by atoms with Gasteiger partial charge in [-0.05, 0) is 19.4 Å². The number of rotatable bonds is 2. The molecule has 2 atom stereocenters. The topological polar surface area (TPSA) is 52.2 Å². The largest absolute Gasteiger partial charge is 0.344 e. The summed E-state index contributed by atoms with van der Waals surface area (Å²) in [6, 6.07) is 0.374. The zero-order valence-corrected chi connectivity index (χ0v) is 13.5. The summed E-state index contributed by atoms with van der Waals surface area (Å²) in [5.74, 6) is 0.529. The van der Waals surface area contributed by atoms with Crippen LogP contribution >= 0.6 is 0 Å². The van der Waals surface area contributed by atoms with Crippen molar-refractivity contribution >= 4 is 5.91 Å². The van der Waals surface area contributed by atoms with Crippen LogP contribution in [0.2, 0.25) is 0 Å². The van der Waals surface area contributed by atoms with Crippen LogP contribution in [0.3, 0.4) is 0 Å². The third-order valence-electron chi connectivity index (χ3n) is 4.89. The van der Waals surface area contributed by atoms with Crippen LogP contribution in [0.25, 0.3) is 0 Å². The third kappa shape index (κ3) is 2.59. The minimum absolute atomic E-state index is 0.0727. The number of carbonyl (C=O) groups is 1. The van der Waals surface area contributed by atoms with Crippen LogP contribution in [0.15, 0.2) is 6.20 Å². The van der Waals surface area contributed by atoms with Gasteiger partial charge in [0.05, 0.1) is 12.1 Å². The summed E-state index contributed by atoms with van der Waals surface area (Å²) in [5, 5.41) is 7.40. The van der Waals surface area contributed by atoms with E-state index in [1.165, 1.54) is 11.3 Å². The molecule has 116 valence electrons. The van der Waals surface area contributed by atoms with Gasteiger partial charge in [0.1, 0.15) is 0 Å². The number of hydrogen-bond acceptors (Lipinski definition) is 3. The third-order valence-corrected chi connectivity index (χ3v) is 4.89. The quantitative estimate of drug-likeness (QED) is 0.903. The average molecular weight is 290 g/mol. The van der Waals surface area contributed by atoms with Crippen LogP contribution < -0.4 is 0 Å². The van der Waals surface area contributed by atoms with Gasteiger partial charge < -0.3 is 4.90 Å². The summed E-state index contributed by atoms with van der Waals surface area (Å²) in [7, 11) is 1.93. The molecular weight excluding hydrogens is 264 g/mol. The van der Waals surface area contributed by atoms with E-state index in [1.807, 2.05) is 18.1 Å². The fourth-order valence-electron chi connectivity index (χ4n) is 3.81. The molecule has 2 aliphatic rings. The van der Waals surface area contributed by atoms with Crippen molar-refractivity contribution in [3.63, 3.8) is 0 Å². The van der Waals surface area contributed by atoms with E-state index in [0.717, 1.165) is 32.5 Å². The van der Waals surface area contributed by atoms with E-state index in [1.54, 1.807) is 0 Å². The Balaban J connectivity index is 1.79. The van der Waals surface area contributed by atoms with Gasteiger partial charge in [-0.15, -0.1) is 0 Å². The second kappa shape index (κ2) is 5.13. The van der Waals surface area contributed by atoms with E-state index >= 15 is 0 Å². The predicted octanol–water partition coefficient (Wildman–Crippen LogP) is 1.76. The van der Waals surface area contributed by atoms with E-state index in [0.29, 0.717) is 11.9 Å². The minimum Gasteiger partial charge on any atom is -0.344 e. The standard InChI is InChI=1S/C16H26N4O/c1-16(2,3)14-11(8-17-18-14)9-20-7-5-6-12-13(20)10-19(4)15(12)21/h8,12-13H,5-7,9-10H2,1-4H3,(H,17,18)/t12-,13-/m1/s1. The van der Waals surface area contributed by atoms with Crippen LogP contribution in [-0.4, -0.2) is 52.1 Å². The number of H-pyrrole nitrogens is 1. The molecule has 0 unspecified atom stereocenters. The molecule has 3 heterocycles. The molecule has 1 aromatic heterocycles. The second-order valence-corrected chi connectivity index (χ2v) is 7.53. The first-order valence-electron chi connectivity index (χ1n) is 7.89. The van der Waals surface area contributed by atoms with Gasteiger partial charge in [0.25, 0.3) is 0 Å². The Hall–Kier alpha value is -1.36. The lowest BCUT2D eigenvalue weighted by Crippen LogP contribution is -2.45. The molecule has 5 heteroatoms. The molecule has 0 aliphatic carbocycles. The Labute approximate surface area is 126 Å². The highest BCUT2D eigenvalue weighted by molar-refractivity contribution is 5.81. The summed E-state index contributed by atoms with van der Waals surface area (Å²) in [6.07, 6.45) is 4.11. The highest BCUT2D eigenvalue weighted by Gasteiger charge is 2.43. The lowest BCUT2D eigenvalue weighted by molar-refractivity contribution is -0.130. The van der Waals surface area contributed by atoms with Crippen molar-refractivity contribution in [2.45, 2.75) is 51.6 Å². The number of fused-ring (bicyclic) bond motifs is 1. The molecule has 1 amide bonds. The van der Waals surface area contributed by atoms with Crippen molar-refractivity contribution < 1.29 is 4.79 Å². The van der Waals surface area contributed by atoms with Gasteiger partial charge in [-0.1, -0.05) is 20.8 Å². The van der Waals surface area contributed by atoms with Crippen LogP contribution in [-0.2, 0) is 16.8 Å². The van der Waals surface area contributed by atoms with Crippen LogP contribution in [0.4, 0.5) is 0 Å². The number of likely N-dealkylation sites (tertiary alicyclic amines) is 2. The van der Waals surface area contributed by atoms with Gasteiger partial charge in [0.2, 0.25) is 5.91 Å². The summed E-state index contributed by atoms with van der Waals surface area (Å²) in [6.45, 7) is 9.45. The fourth-order valence-corrected chi connectivity index (χ4v) is 3.81. The first kappa shape index (κ1) is 14.6. The predicted molar refractivity (Wildman–Crippen MR) is 81.8 cm³/mol. The maximum atomic E-state index is 12.2. The molecule has 0 saturated carbocycles. The zero-order chi connectivity index (χ0) is 15.2. The Morgan fingerprint density at radius 3 is 2.90 bits per heavy atom. The monoisotopic (exact) mass is 290 g/mol. The summed E-state index contributed by atoms with van der Waals surface area (Å²) < 4.78 is 0. The Morgan fingerprint density at radius 1 is 1.43 bits per heavy atom. The first-order valence-corrected chi connectivity index (χ1v) is 7.89. The summed E-state index contributed by atoms with van der Waals surface area (Å²) in [4.78, 5) is 16.6. The number of aromatic amines is 1. The fraction of sp³-hybridized carbons (Fsp3) is 0.750. The van der Waals surface area contributed by atoms with E-state index in [4.69, 9.17) is 0 Å². The SMILES string of the molecule is CN1C[C@@H]2[C@@H](CCCN2Cc2cn[nH]c2C(C)(C)C)C1=O. The Kier molecular flexibility index (Phi) is 3.56. The van der Waals surface area contributed by atoms with Crippen LogP contribution in [0.5, 0.6) is 0 Å². The van der Waals surface area contributed by atoms with Crippen LogP contribution in [0.1, 0.15) is 44.9 Å². The van der Waals surface area contributed by atoms with E-state index in [-0.39, 0.29) is 11.3 Å². The van der Waals surface area contributed by atoms with Crippen molar-refractivity contribution in [3.8, 4) is 0 Å². The molecule has 0 spiro atoms. The molecule has 0 aromatic carbocycles. The maximum Gasteiger partial charge on any atom is 0.227 e. The number of likely N-dealkylation sites (N-methyl/N-ethyl adjacent to an activating group) is 1. The Morgan fingerprint density at radius 2 is 2.19 bits per heavy atom. The molecule has 3 rings (SSSR count).